The molecule has 1 atom stereocenters. The number of aromatic nitrogens is 2. The van der Waals surface area contributed by atoms with E-state index in [0.29, 0.717) is 19.0 Å². The van der Waals surface area contributed by atoms with Crippen LogP contribution in [-0.4, -0.2) is 45.6 Å². The fourth-order valence-corrected chi connectivity index (χ4v) is 4.52. The highest BCUT2D eigenvalue weighted by atomic mass is 16.5. The first-order valence-corrected chi connectivity index (χ1v) is 13.2. The molecule has 1 fully saturated rings. The second-order valence-electron chi connectivity index (χ2n) is 9.66. The maximum atomic E-state index is 10.9. The first-order valence-electron chi connectivity index (χ1n) is 13.2. The summed E-state index contributed by atoms with van der Waals surface area (Å²) in [4.78, 5) is 2.33. The molecule has 6 nitrogen and oxygen atoms in total. The van der Waals surface area contributed by atoms with E-state index in [1.165, 1.54) is 12.8 Å². The Kier molecular flexibility index (Phi) is 8.18. The van der Waals surface area contributed by atoms with E-state index in [2.05, 4.69) is 11.8 Å². The molecule has 1 aromatic heterocycles. The van der Waals surface area contributed by atoms with Crippen molar-refractivity contribution in [2.24, 2.45) is 5.92 Å². The second-order valence-corrected chi connectivity index (χ2v) is 9.66. The third-order valence-electron chi connectivity index (χ3n) is 6.56. The van der Waals surface area contributed by atoms with E-state index < -0.39 is 6.10 Å². The van der Waals surface area contributed by atoms with E-state index in [0.717, 1.165) is 47.3 Å². The molecule has 37 heavy (non-hydrogen) atoms. The summed E-state index contributed by atoms with van der Waals surface area (Å²) in [6, 6.07) is 29.6. The number of rotatable bonds is 13. The molecular weight excluding hydrogens is 462 g/mol. The minimum absolute atomic E-state index is 0.252. The topological polar surface area (TPSA) is 59.8 Å². The van der Waals surface area contributed by atoms with Gasteiger partial charge in [-0.15, -0.1) is 0 Å². The number of ether oxygens (including phenoxy) is 2. The molecule has 0 saturated heterocycles. The van der Waals surface area contributed by atoms with E-state index >= 15 is 0 Å². The Balaban J connectivity index is 1.40. The van der Waals surface area contributed by atoms with Gasteiger partial charge >= 0.3 is 0 Å². The van der Waals surface area contributed by atoms with Crippen LogP contribution in [-0.2, 0) is 13.0 Å². The zero-order valence-corrected chi connectivity index (χ0v) is 21.4. The summed E-state index contributed by atoms with van der Waals surface area (Å²) in [6.07, 6.45) is 2.66. The maximum Gasteiger partial charge on any atom is 0.227 e. The van der Waals surface area contributed by atoms with Crippen molar-refractivity contribution in [1.82, 2.24) is 14.7 Å². The lowest BCUT2D eigenvalue weighted by molar-refractivity contribution is 0.0636. The Morgan fingerprint density at radius 1 is 0.919 bits per heavy atom. The number of para-hydroxylation sites is 3. The monoisotopic (exact) mass is 497 g/mol. The van der Waals surface area contributed by atoms with Crippen LogP contribution in [0.4, 0.5) is 0 Å². The third kappa shape index (κ3) is 6.79. The average Bonchev–Trinajstić information content (AvgIpc) is 3.70. The van der Waals surface area contributed by atoms with Gasteiger partial charge in [0.25, 0.3) is 0 Å². The fraction of sp³-hybridized carbons (Fsp3) is 0.323. The van der Waals surface area contributed by atoms with Crippen LogP contribution in [0.5, 0.6) is 17.4 Å². The SMILES string of the molecule is CCc1nn(-c2ccccc2)c(Oc2ccccc2)c1CN(CC(O)COc1ccccc1)CC1CC1. The Bertz CT molecular complexity index is 1240. The van der Waals surface area contributed by atoms with Crippen LogP contribution in [0.25, 0.3) is 5.69 Å². The van der Waals surface area contributed by atoms with Gasteiger partial charge in [0.1, 0.15) is 24.2 Å². The molecule has 1 heterocycles. The lowest BCUT2D eigenvalue weighted by Gasteiger charge is -2.25. The molecule has 1 saturated carbocycles. The lowest BCUT2D eigenvalue weighted by Crippen LogP contribution is -2.36. The molecule has 3 aromatic carbocycles. The molecule has 192 valence electrons. The van der Waals surface area contributed by atoms with Crippen molar-refractivity contribution in [2.75, 3.05) is 19.7 Å². The van der Waals surface area contributed by atoms with E-state index in [4.69, 9.17) is 14.6 Å². The average molecular weight is 498 g/mol. The number of benzene rings is 3. The number of nitrogens with zero attached hydrogens (tertiary/aromatic N) is 3. The normalized spacial score (nSPS) is 14.0. The summed E-state index contributed by atoms with van der Waals surface area (Å²) in [5.74, 6) is 2.94. The van der Waals surface area contributed by atoms with Gasteiger partial charge in [-0.1, -0.05) is 61.5 Å². The van der Waals surface area contributed by atoms with Gasteiger partial charge in [0.05, 0.1) is 16.9 Å². The Labute approximate surface area is 219 Å². The molecule has 1 N–H and O–H groups in total. The summed E-state index contributed by atoms with van der Waals surface area (Å²) in [5, 5.41) is 15.9. The predicted molar refractivity (Wildman–Crippen MR) is 145 cm³/mol. The van der Waals surface area contributed by atoms with Crippen LogP contribution in [0.1, 0.15) is 31.0 Å². The van der Waals surface area contributed by atoms with Crippen LogP contribution < -0.4 is 9.47 Å². The molecule has 4 aromatic rings. The molecule has 1 unspecified atom stereocenters. The minimum Gasteiger partial charge on any atom is -0.491 e. The lowest BCUT2D eigenvalue weighted by atomic mass is 10.1. The summed E-state index contributed by atoms with van der Waals surface area (Å²) in [7, 11) is 0. The minimum atomic E-state index is -0.605. The van der Waals surface area contributed by atoms with E-state index in [-0.39, 0.29) is 6.61 Å². The second kappa shape index (κ2) is 12.1. The van der Waals surface area contributed by atoms with Crippen molar-refractivity contribution in [3.63, 3.8) is 0 Å². The van der Waals surface area contributed by atoms with Gasteiger partial charge in [-0.25, -0.2) is 4.68 Å². The largest absolute Gasteiger partial charge is 0.491 e. The van der Waals surface area contributed by atoms with E-state index in [1.54, 1.807) is 0 Å². The highest BCUT2D eigenvalue weighted by Crippen LogP contribution is 2.34. The number of hydrogen-bond acceptors (Lipinski definition) is 5. The van der Waals surface area contributed by atoms with Crippen LogP contribution in [0, 0.1) is 5.92 Å². The standard InChI is InChI=1S/C31H35N3O3/c1-2-30-29(22-33(20-24-18-19-24)21-26(35)23-36-27-14-8-4-9-15-27)31(37-28-16-10-5-11-17-28)34(32-30)25-12-6-3-7-13-25/h3-17,24,26,35H,2,18-23H2,1H3. The first kappa shape index (κ1) is 25.1. The number of aliphatic hydroxyl groups is 1. The van der Waals surface area contributed by atoms with Crippen molar-refractivity contribution in [3.05, 3.63) is 102 Å². The fourth-order valence-electron chi connectivity index (χ4n) is 4.52. The maximum absolute atomic E-state index is 10.9. The summed E-state index contributed by atoms with van der Waals surface area (Å²) in [5.41, 5.74) is 3.03. The van der Waals surface area contributed by atoms with Gasteiger partial charge in [0.15, 0.2) is 0 Å². The van der Waals surface area contributed by atoms with Gasteiger partial charge in [0, 0.05) is 19.6 Å². The van der Waals surface area contributed by atoms with Crippen molar-refractivity contribution >= 4 is 0 Å². The third-order valence-corrected chi connectivity index (χ3v) is 6.56. The van der Waals surface area contributed by atoms with Gasteiger partial charge in [-0.2, -0.15) is 5.10 Å². The zero-order chi connectivity index (χ0) is 25.5. The molecule has 0 spiro atoms. The molecule has 0 bridgehead atoms. The number of aliphatic hydroxyl groups excluding tert-OH is 1. The van der Waals surface area contributed by atoms with Gasteiger partial charge in [-0.3, -0.25) is 4.90 Å². The summed E-state index contributed by atoms with van der Waals surface area (Å²) >= 11 is 0. The molecule has 0 radical (unpaired) electrons. The van der Waals surface area contributed by atoms with Crippen molar-refractivity contribution in [3.8, 4) is 23.1 Å². The summed E-state index contributed by atoms with van der Waals surface area (Å²) < 4.78 is 14.2. The molecular formula is C31H35N3O3. The Morgan fingerprint density at radius 2 is 1.54 bits per heavy atom. The zero-order valence-electron chi connectivity index (χ0n) is 21.4. The van der Waals surface area contributed by atoms with Gasteiger partial charge in [0.2, 0.25) is 5.88 Å². The van der Waals surface area contributed by atoms with Crippen LogP contribution in [0.3, 0.4) is 0 Å². The number of aryl methyl sites for hydroxylation is 1. The quantitative estimate of drug-likeness (QED) is 0.250. The molecule has 1 aliphatic rings. The molecule has 0 amide bonds. The molecule has 1 aliphatic carbocycles. The van der Waals surface area contributed by atoms with Crippen molar-refractivity contribution in [1.29, 1.82) is 0 Å². The van der Waals surface area contributed by atoms with Gasteiger partial charge < -0.3 is 14.6 Å². The van der Waals surface area contributed by atoms with Crippen LogP contribution in [0.15, 0.2) is 91.0 Å². The molecule has 6 heteroatoms. The number of hydrogen-bond donors (Lipinski definition) is 1. The van der Waals surface area contributed by atoms with E-state index in [9.17, 15) is 5.11 Å². The van der Waals surface area contributed by atoms with Crippen LogP contribution >= 0.6 is 0 Å². The van der Waals surface area contributed by atoms with Gasteiger partial charge in [-0.05, 0) is 61.6 Å². The smallest absolute Gasteiger partial charge is 0.227 e. The first-order chi connectivity index (χ1) is 18.2. The predicted octanol–water partition coefficient (Wildman–Crippen LogP) is 5.88. The highest BCUT2D eigenvalue weighted by Gasteiger charge is 2.28. The van der Waals surface area contributed by atoms with E-state index in [1.807, 2.05) is 95.7 Å². The van der Waals surface area contributed by atoms with Crippen molar-refractivity contribution < 1.29 is 14.6 Å². The Morgan fingerprint density at radius 3 is 2.16 bits per heavy atom. The van der Waals surface area contributed by atoms with Crippen molar-refractivity contribution in [2.45, 2.75) is 38.8 Å². The van der Waals surface area contributed by atoms with Crippen LogP contribution in [0.2, 0.25) is 0 Å². The summed E-state index contributed by atoms with van der Waals surface area (Å²) in [6.45, 7) is 4.49. The molecule has 5 rings (SSSR count). The highest BCUT2D eigenvalue weighted by molar-refractivity contribution is 5.43. The Hall–Kier alpha value is -3.61. The molecule has 0 aliphatic heterocycles.